The van der Waals surface area contributed by atoms with E-state index in [1.54, 1.807) is 13.0 Å². The van der Waals surface area contributed by atoms with Gasteiger partial charge in [0.1, 0.15) is 0 Å². The van der Waals surface area contributed by atoms with Crippen LogP contribution in [0.25, 0.3) is 0 Å². The number of sulfone groups is 1. The number of benzene rings is 1. The van der Waals surface area contributed by atoms with Gasteiger partial charge in [-0.25, -0.2) is 8.42 Å². The number of pyridine rings is 1. The third-order valence-corrected chi connectivity index (χ3v) is 7.45. The van der Waals surface area contributed by atoms with E-state index in [4.69, 9.17) is 0 Å². The molecule has 0 fully saturated rings. The zero-order chi connectivity index (χ0) is 24.4. The summed E-state index contributed by atoms with van der Waals surface area (Å²) < 4.78 is 61.7. The number of hydrogen-bond donors (Lipinski definition) is 1. The molecule has 0 saturated carbocycles. The van der Waals surface area contributed by atoms with Crippen molar-refractivity contribution in [1.82, 2.24) is 15.2 Å². The minimum Gasteiger partial charge on any atom is -0.351 e. The molecule has 10 heteroatoms. The van der Waals surface area contributed by atoms with Crippen molar-refractivity contribution in [2.75, 3.05) is 18.1 Å². The van der Waals surface area contributed by atoms with Crippen LogP contribution in [0.5, 0.6) is 0 Å². The summed E-state index contributed by atoms with van der Waals surface area (Å²) in [6, 6.07) is 6.87. The molecule has 1 aromatic heterocycles. The Kier molecular flexibility index (Phi) is 7.48. The van der Waals surface area contributed by atoms with Gasteiger partial charge >= 0.3 is 6.18 Å². The highest BCUT2D eigenvalue weighted by atomic mass is 32.2. The van der Waals surface area contributed by atoms with E-state index in [1.807, 2.05) is 0 Å². The van der Waals surface area contributed by atoms with Crippen molar-refractivity contribution in [1.29, 1.82) is 0 Å². The molecular weight excluding hydrogens is 455 g/mol. The molecule has 0 saturated heterocycles. The quantitative estimate of drug-likeness (QED) is 0.615. The molecule has 0 bridgehead atoms. The summed E-state index contributed by atoms with van der Waals surface area (Å²) in [7, 11) is -3.17. The van der Waals surface area contributed by atoms with Crippen molar-refractivity contribution >= 4 is 15.7 Å². The van der Waals surface area contributed by atoms with Crippen molar-refractivity contribution in [2.24, 2.45) is 5.92 Å². The topological polar surface area (TPSA) is 79.4 Å². The van der Waals surface area contributed by atoms with E-state index >= 15 is 0 Å². The van der Waals surface area contributed by atoms with Crippen LogP contribution in [0, 0.1) is 5.92 Å². The van der Waals surface area contributed by atoms with E-state index in [2.05, 4.69) is 29.0 Å². The maximum atomic E-state index is 12.8. The molecule has 1 aliphatic rings. The number of rotatable bonds is 8. The van der Waals surface area contributed by atoms with E-state index in [0.717, 1.165) is 29.0 Å². The third-order valence-electron chi connectivity index (χ3n) is 5.75. The van der Waals surface area contributed by atoms with Crippen molar-refractivity contribution < 1.29 is 26.4 Å². The number of hydrogen-bond acceptors (Lipinski definition) is 5. The van der Waals surface area contributed by atoms with Gasteiger partial charge in [-0.15, -0.1) is 0 Å². The summed E-state index contributed by atoms with van der Waals surface area (Å²) >= 11 is 0. The minimum absolute atomic E-state index is 0.0224. The number of carbonyl (C=O) groups excluding carboxylic acids is 1. The van der Waals surface area contributed by atoms with Crippen LogP contribution in [-0.2, 0) is 29.1 Å². The van der Waals surface area contributed by atoms with E-state index in [0.29, 0.717) is 18.7 Å². The molecule has 2 aromatic rings. The number of carbonyl (C=O) groups is 1. The van der Waals surface area contributed by atoms with Crippen LogP contribution in [-0.4, -0.2) is 42.3 Å². The number of nitrogens with one attached hydrogen (secondary N) is 1. The van der Waals surface area contributed by atoms with Crippen molar-refractivity contribution in [3.05, 3.63) is 64.5 Å². The van der Waals surface area contributed by atoms with Gasteiger partial charge in [-0.05, 0) is 35.2 Å². The van der Waals surface area contributed by atoms with Gasteiger partial charge in [0.2, 0.25) is 0 Å². The van der Waals surface area contributed by atoms with Crippen molar-refractivity contribution in [3.63, 3.8) is 0 Å². The highest BCUT2D eigenvalue weighted by molar-refractivity contribution is 7.91. The molecule has 3 rings (SSSR count). The number of halogens is 3. The number of fused-ring (bicyclic) bond motifs is 1. The van der Waals surface area contributed by atoms with Crippen molar-refractivity contribution in [2.45, 2.75) is 46.1 Å². The first kappa shape index (κ1) is 25.2. The Morgan fingerprint density at radius 3 is 2.48 bits per heavy atom. The van der Waals surface area contributed by atoms with Crippen LogP contribution in [0.1, 0.15) is 59.6 Å². The normalized spacial score (nSPS) is 16.8. The predicted molar refractivity (Wildman–Crippen MR) is 119 cm³/mol. The molecule has 1 aliphatic heterocycles. The summed E-state index contributed by atoms with van der Waals surface area (Å²) in [4.78, 5) is 19.1. The molecule has 0 radical (unpaired) electrons. The minimum atomic E-state index is -4.37. The summed E-state index contributed by atoms with van der Waals surface area (Å²) in [6.07, 6.45) is -2.88. The molecule has 33 heavy (non-hydrogen) atoms. The molecule has 1 N–H and O–H groups in total. The lowest BCUT2D eigenvalue weighted by molar-refractivity contribution is -0.137. The van der Waals surface area contributed by atoms with Crippen LogP contribution in [0.2, 0.25) is 0 Å². The highest BCUT2D eigenvalue weighted by Gasteiger charge is 2.35. The Hall–Kier alpha value is -2.46. The summed E-state index contributed by atoms with van der Waals surface area (Å²) in [5.41, 5.74) is 2.16. The van der Waals surface area contributed by atoms with Gasteiger partial charge in [-0.1, -0.05) is 32.9 Å². The molecule has 0 aliphatic carbocycles. The standard InChI is InChI=1S/C23H28F3N3O3S/c1-4-33(31,32)10-9-27-22(30)17-11-18-14-29(21(15(2)3)20(18)28-12-17)13-16-5-7-19(8-6-16)23(24,25)26/h5-8,11-12,15,21H,4,9-10,13-14H2,1-3H3,(H,27,30). The Bertz CT molecular complexity index is 1100. The largest absolute Gasteiger partial charge is 0.416 e. The Labute approximate surface area is 192 Å². The molecular formula is C23H28F3N3O3S. The molecule has 6 nitrogen and oxygen atoms in total. The average molecular weight is 484 g/mol. The molecule has 1 unspecified atom stereocenters. The summed E-state index contributed by atoms with van der Waals surface area (Å²) in [5.74, 6) is -0.288. The maximum absolute atomic E-state index is 12.8. The fourth-order valence-electron chi connectivity index (χ4n) is 4.02. The first-order valence-corrected chi connectivity index (χ1v) is 12.6. The SMILES string of the molecule is CCS(=O)(=O)CCNC(=O)c1cnc2c(c1)CN(Cc1ccc(C(F)(F)F)cc1)C2C(C)C. The van der Waals surface area contributed by atoms with Gasteiger partial charge in [-0.3, -0.25) is 14.7 Å². The summed E-state index contributed by atoms with van der Waals surface area (Å²) in [5, 5.41) is 2.62. The fraction of sp³-hybridized carbons (Fsp3) is 0.478. The number of amides is 1. The van der Waals surface area contributed by atoms with Gasteiger partial charge < -0.3 is 5.32 Å². The smallest absolute Gasteiger partial charge is 0.351 e. The van der Waals surface area contributed by atoms with Crippen LogP contribution in [0.3, 0.4) is 0 Å². The molecule has 1 atom stereocenters. The van der Waals surface area contributed by atoms with Gasteiger partial charge in [0.05, 0.1) is 28.6 Å². The number of aromatic nitrogens is 1. The van der Waals surface area contributed by atoms with E-state index in [-0.39, 0.29) is 35.9 Å². The molecule has 2 heterocycles. The zero-order valence-electron chi connectivity index (χ0n) is 18.8. The average Bonchev–Trinajstić information content (AvgIpc) is 3.10. The lowest BCUT2D eigenvalue weighted by Gasteiger charge is -2.27. The molecule has 180 valence electrons. The van der Waals surface area contributed by atoms with Gasteiger partial charge in [0, 0.05) is 31.6 Å². The molecule has 1 amide bonds. The lowest BCUT2D eigenvalue weighted by atomic mass is 9.99. The number of nitrogens with zero attached hydrogens (tertiary/aromatic N) is 2. The monoisotopic (exact) mass is 483 g/mol. The van der Waals surface area contributed by atoms with E-state index < -0.39 is 21.6 Å². The first-order chi connectivity index (χ1) is 15.4. The Morgan fingerprint density at radius 2 is 1.91 bits per heavy atom. The van der Waals surface area contributed by atoms with E-state index in [9.17, 15) is 26.4 Å². The van der Waals surface area contributed by atoms with Crippen molar-refractivity contribution in [3.8, 4) is 0 Å². The Morgan fingerprint density at radius 1 is 1.24 bits per heavy atom. The van der Waals surface area contributed by atoms with Crippen LogP contribution in [0.4, 0.5) is 13.2 Å². The first-order valence-electron chi connectivity index (χ1n) is 10.8. The van der Waals surface area contributed by atoms with E-state index in [1.165, 1.54) is 18.3 Å². The lowest BCUT2D eigenvalue weighted by Crippen LogP contribution is -2.29. The van der Waals surface area contributed by atoms with Gasteiger partial charge in [0.25, 0.3) is 5.91 Å². The number of alkyl halides is 3. The van der Waals surface area contributed by atoms with Crippen LogP contribution < -0.4 is 5.32 Å². The molecule has 1 aromatic carbocycles. The Balaban J connectivity index is 1.73. The van der Waals surface area contributed by atoms with Crippen LogP contribution in [0.15, 0.2) is 36.5 Å². The zero-order valence-corrected chi connectivity index (χ0v) is 19.6. The fourth-order valence-corrected chi connectivity index (χ4v) is 4.72. The second-order valence-corrected chi connectivity index (χ2v) is 11.0. The maximum Gasteiger partial charge on any atom is 0.416 e. The van der Waals surface area contributed by atoms with Gasteiger partial charge in [0.15, 0.2) is 9.84 Å². The van der Waals surface area contributed by atoms with Crippen LogP contribution >= 0.6 is 0 Å². The second kappa shape index (κ2) is 9.80. The third kappa shape index (κ3) is 6.11. The second-order valence-electron chi connectivity index (χ2n) is 8.55. The summed E-state index contributed by atoms with van der Waals surface area (Å²) in [6.45, 7) is 6.65. The van der Waals surface area contributed by atoms with Gasteiger partial charge in [-0.2, -0.15) is 13.2 Å². The predicted octanol–water partition coefficient (Wildman–Crippen LogP) is 3.98. The highest BCUT2D eigenvalue weighted by Crippen LogP contribution is 2.39. The molecule has 0 spiro atoms.